The van der Waals surface area contributed by atoms with E-state index in [9.17, 15) is 4.79 Å². The van der Waals surface area contributed by atoms with Crippen LogP contribution in [0.15, 0.2) is 42.5 Å². The molecule has 2 aromatic rings. The first kappa shape index (κ1) is 21.2. The molecule has 1 aliphatic rings. The largest absolute Gasteiger partial charge is 0.484 e. The van der Waals surface area contributed by atoms with Crippen molar-refractivity contribution >= 4 is 11.6 Å². The number of anilines is 1. The van der Waals surface area contributed by atoms with E-state index < -0.39 is 0 Å². The highest BCUT2D eigenvalue weighted by Crippen LogP contribution is 2.19. The molecular formula is C24H32N2O3. The molecule has 1 fully saturated rings. The molecular weight excluding hydrogens is 364 g/mol. The Morgan fingerprint density at radius 1 is 1.10 bits per heavy atom. The van der Waals surface area contributed by atoms with Gasteiger partial charge in [-0.2, -0.15) is 0 Å². The van der Waals surface area contributed by atoms with Crippen LogP contribution in [0.25, 0.3) is 0 Å². The second kappa shape index (κ2) is 9.79. The quantitative estimate of drug-likeness (QED) is 0.677. The van der Waals surface area contributed by atoms with Gasteiger partial charge in [-0.3, -0.25) is 4.79 Å². The molecule has 5 nitrogen and oxygen atoms in total. The van der Waals surface area contributed by atoms with Gasteiger partial charge in [0.2, 0.25) is 0 Å². The number of ether oxygens (including phenoxy) is 2. The van der Waals surface area contributed by atoms with E-state index in [1.165, 1.54) is 0 Å². The maximum Gasteiger partial charge on any atom is 0.260 e. The maximum atomic E-state index is 13.0. The smallest absolute Gasteiger partial charge is 0.260 e. The van der Waals surface area contributed by atoms with Gasteiger partial charge in [0.15, 0.2) is 6.61 Å². The Bertz CT molecular complexity index is 791. The Hall–Kier alpha value is -2.53. The number of carbonyl (C=O) groups excluding carboxylic acids is 1. The Morgan fingerprint density at radius 3 is 2.38 bits per heavy atom. The number of aryl methyl sites for hydroxylation is 2. The first-order valence-corrected chi connectivity index (χ1v) is 10.3. The summed E-state index contributed by atoms with van der Waals surface area (Å²) in [7, 11) is 4.04. The summed E-state index contributed by atoms with van der Waals surface area (Å²) in [5.74, 6) is 0.722. The fourth-order valence-electron chi connectivity index (χ4n) is 3.66. The zero-order valence-corrected chi connectivity index (χ0v) is 18.0. The van der Waals surface area contributed by atoms with E-state index in [0.717, 1.165) is 47.6 Å². The standard InChI is InChI=1S/C24H32N2O3/c1-18-12-19(2)14-23(13-18)29-17-24(27)26(16-22-6-5-11-28-22)15-20-7-9-21(10-8-20)25(3)4/h7-10,12-14,22H,5-6,11,15-17H2,1-4H3. The van der Waals surface area contributed by atoms with E-state index in [1.807, 2.05) is 45.0 Å². The average molecular weight is 397 g/mol. The van der Waals surface area contributed by atoms with Crippen molar-refractivity contribution in [3.05, 3.63) is 59.2 Å². The van der Waals surface area contributed by atoms with Crippen molar-refractivity contribution in [3.8, 4) is 5.75 Å². The Morgan fingerprint density at radius 2 is 1.79 bits per heavy atom. The molecule has 1 amide bonds. The van der Waals surface area contributed by atoms with Crippen LogP contribution in [0.1, 0.15) is 29.5 Å². The minimum atomic E-state index is -0.0173. The first-order valence-electron chi connectivity index (χ1n) is 10.3. The van der Waals surface area contributed by atoms with Crippen molar-refractivity contribution in [2.45, 2.75) is 39.3 Å². The van der Waals surface area contributed by atoms with Crippen molar-refractivity contribution in [1.82, 2.24) is 4.90 Å². The fourth-order valence-corrected chi connectivity index (χ4v) is 3.66. The molecule has 0 aromatic heterocycles. The fraction of sp³-hybridized carbons (Fsp3) is 0.458. The lowest BCUT2D eigenvalue weighted by Gasteiger charge is -2.26. The van der Waals surface area contributed by atoms with Gasteiger partial charge in [0.25, 0.3) is 5.91 Å². The van der Waals surface area contributed by atoms with E-state index >= 15 is 0 Å². The van der Waals surface area contributed by atoms with Crippen LogP contribution in [-0.2, 0) is 16.1 Å². The molecule has 1 heterocycles. The van der Waals surface area contributed by atoms with Crippen molar-refractivity contribution in [1.29, 1.82) is 0 Å². The van der Waals surface area contributed by atoms with Crippen LogP contribution in [0.4, 0.5) is 5.69 Å². The number of benzene rings is 2. The molecule has 1 aliphatic heterocycles. The molecule has 1 atom stereocenters. The lowest BCUT2D eigenvalue weighted by Crippen LogP contribution is -2.39. The second-order valence-electron chi connectivity index (χ2n) is 8.08. The highest BCUT2D eigenvalue weighted by atomic mass is 16.5. The predicted octanol–water partition coefficient (Wildman–Crippen LogP) is 3.96. The Kier molecular flexibility index (Phi) is 7.15. The average Bonchev–Trinajstić information content (AvgIpc) is 3.18. The van der Waals surface area contributed by atoms with Gasteiger partial charge in [0.1, 0.15) is 5.75 Å². The summed E-state index contributed by atoms with van der Waals surface area (Å²) in [6.07, 6.45) is 2.17. The lowest BCUT2D eigenvalue weighted by molar-refractivity contribution is -0.135. The number of hydrogen-bond donors (Lipinski definition) is 0. The van der Waals surface area contributed by atoms with Gasteiger partial charge in [0.05, 0.1) is 6.10 Å². The van der Waals surface area contributed by atoms with Crippen LogP contribution in [-0.4, -0.2) is 50.8 Å². The SMILES string of the molecule is Cc1cc(C)cc(OCC(=O)N(Cc2ccc(N(C)C)cc2)CC2CCCO2)c1. The topological polar surface area (TPSA) is 42.0 Å². The zero-order valence-electron chi connectivity index (χ0n) is 18.0. The zero-order chi connectivity index (χ0) is 20.8. The molecule has 1 unspecified atom stereocenters. The summed E-state index contributed by atoms with van der Waals surface area (Å²) in [5.41, 5.74) is 4.51. The van der Waals surface area contributed by atoms with Crippen LogP contribution in [0.5, 0.6) is 5.75 Å². The molecule has 29 heavy (non-hydrogen) atoms. The molecule has 0 bridgehead atoms. The second-order valence-corrected chi connectivity index (χ2v) is 8.08. The molecule has 5 heteroatoms. The Balaban J connectivity index is 1.67. The van der Waals surface area contributed by atoms with E-state index in [0.29, 0.717) is 13.1 Å². The van der Waals surface area contributed by atoms with Crippen LogP contribution in [0.3, 0.4) is 0 Å². The van der Waals surface area contributed by atoms with E-state index in [4.69, 9.17) is 9.47 Å². The minimum Gasteiger partial charge on any atom is -0.484 e. The van der Waals surface area contributed by atoms with Crippen molar-refractivity contribution < 1.29 is 14.3 Å². The number of rotatable bonds is 8. The van der Waals surface area contributed by atoms with Crippen molar-refractivity contribution in [2.24, 2.45) is 0 Å². The summed E-state index contributed by atoms with van der Waals surface area (Å²) in [6.45, 7) is 6.04. The number of amides is 1. The van der Waals surface area contributed by atoms with Gasteiger partial charge in [-0.25, -0.2) is 0 Å². The highest BCUT2D eigenvalue weighted by Gasteiger charge is 2.23. The minimum absolute atomic E-state index is 0.0173. The molecule has 0 aliphatic carbocycles. The van der Waals surface area contributed by atoms with E-state index in [-0.39, 0.29) is 18.6 Å². The summed E-state index contributed by atoms with van der Waals surface area (Å²) < 4.78 is 11.6. The Labute approximate surface area is 174 Å². The molecule has 3 rings (SSSR count). The molecule has 156 valence electrons. The predicted molar refractivity (Wildman–Crippen MR) is 117 cm³/mol. The van der Waals surface area contributed by atoms with E-state index in [2.05, 4.69) is 35.2 Å². The monoisotopic (exact) mass is 396 g/mol. The summed E-state index contributed by atoms with van der Waals surface area (Å²) in [5, 5.41) is 0. The maximum absolute atomic E-state index is 13.0. The highest BCUT2D eigenvalue weighted by molar-refractivity contribution is 5.78. The summed E-state index contributed by atoms with van der Waals surface area (Å²) in [6, 6.07) is 14.3. The number of carbonyl (C=O) groups is 1. The molecule has 0 saturated carbocycles. The third-order valence-corrected chi connectivity index (χ3v) is 5.18. The van der Waals surface area contributed by atoms with Crippen LogP contribution in [0.2, 0.25) is 0 Å². The van der Waals surface area contributed by atoms with Gasteiger partial charge in [-0.05, 0) is 67.6 Å². The molecule has 1 saturated heterocycles. The van der Waals surface area contributed by atoms with Gasteiger partial charge in [-0.1, -0.05) is 18.2 Å². The molecule has 0 spiro atoms. The van der Waals surface area contributed by atoms with Crippen molar-refractivity contribution in [3.63, 3.8) is 0 Å². The van der Waals surface area contributed by atoms with E-state index in [1.54, 1.807) is 0 Å². The molecule has 2 aromatic carbocycles. The van der Waals surface area contributed by atoms with Crippen LogP contribution < -0.4 is 9.64 Å². The lowest BCUT2D eigenvalue weighted by atomic mass is 10.1. The van der Waals surface area contributed by atoms with Crippen LogP contribution >= 0.6 is 0 Å². The van der Waals surface area contributed by atoms with Gasteiger partial charge in [-0.15, -0.1) is 0 Å². The number of nitrogens with zero attached hydrogens (tertiary/aromatic N) is 2. The van der Waals surface area contributed by atoms with Gasteiger partial charge < -0.3 is 19.3 Å². The van der Waals surface area contributed by atoms with Crippen LogP contribution in [0, 0.1) is 13.8 Å². The van der Waals surface area contributed by atoms with Gasteiger partial charge in [0, 0.05) is 39.5 Å². The molecule has 0 N–H and O–H groups in total. The third-order valence-electron chi connectivity index (χ3n) is 5.18. The third kappa shape index (κ3) is 6.23. The van der Waals surface area contributed by atoms with Gasteiger partial charge >= 0.3 is 0 Å². The summed E-state index contributed by atoms with van der Waals surface area (Å²) >= 11 is 0. The summed E-state index contributed by atoms with van der Waals surface area (Å²) in [4.78, 5) is 16.9. The normalized spacial score (nSPS) is 15.9. The van der Waals surface area contributed by atoms with Crippen molar-refractivity contribution in [2.75, 3.05) is 38.8 Å². The number of hydrogen-bond acceptors (Lipinski definition) is 4. The first-order chi connectivity index (χ1) is 13.9. The molecule has 0 radical (unpaired) electrons.